The molecule has 0 aliphatic heterocycles. The van der Waals surface area contributed by atoms with Crippen molar-refractivity contribution in [1.29, 1.82) is 0 Å². The van der Waals surface area contributed by atoms with Crippen LogP contribution < -0.4 is 5.32 Å². The molecule has 1 N–H and O–H groups in total. The van der Waals surface area contributed by atoms with Gasteiger partial charge < -0.3 is 5.32 Å². The van der Waals surface area contributed by atoms with E-state index in [9.17, 15) is 8.78 Å². The normalized spacial score (nSPS) is 11.9. The second-order valence-electron chi connectivity index (χ2n) is 4.00. The summed E-state index contributed by atoms with van der Waals surface area (Å²) in [5, 5.41) is 3.27. The summed E-state index contributed by atoms with van der Waals surface area (Å²) >= 11 is 0. The molecule has 0 atom stereocenters. The highest BCUT2D eigenvalue weighted by molar-refractivity contribution is 5.53. The molecule has 3 heteroatoms. The van der Waals surface area contributed by atoms with Crippen molar-refractivity contribution in [2.75, 3.05) is 13.1 Å². The van der Waals surface area contributed by atoms with Crippen molar-refractivity contribution in [1.82, 2.24) is 5.32 Å². The van der Waals surface area contributed by atoms with Gasteiger partial charge in [-0.2, -0.15) is 0 Å². The van der Waals surface area contributed by atoms with Crippen molar-refractivity contribution < 1.29 is 8.78 Å². The Labute approximate surface area is 102 Å². The third kappa shape index (κ3) is 4.65. The summed E-state index contributed by atoms with van der Waals surface area (Å²) in [4.78, 5) is 0. The summed E-state index contributed by atoms with van der Waals surface area (Å²) in [6, 6.07) is 3.67. The number of nitrogens with one attached hydrogen (secondary N) is 1. The molecule has 94 valence electrons. The molecule has 0 heterocycles. The molecular formula is C14H19F2N. The van der Waals surface area contributed by atoms with Crippen molar-refractivity contribution in [3.05, 3.63) is 41.0 Å². The van der Waals surface area contributed by atoms with Crippen LogP contribution in [-0.4, -0.2) is 13.1 Å². The SMILES string of the molecule is CCCNCC(=Cc1ccc(F)cc1F)CC. The van der Waals surface area contributed by atoms with Crippen LogP contribution in [0.15, 0.2) is 23.8 Å². The minimum atomic E-state index is -0.540. The van der Waals surface area contributed by atoms with Crippen LogP contribution >= 0.6 is 0 Å². The monoisotopic (exact) mass is 239 g/mol. The first-order chi connectivity index (χ1) is 8.17. The Morgan fingerprint density at radius 2 is 2.06 bits per heavy atom. The van der Waals surface area contributed by atoms with Crippen molar-refractivity contribution in [3.8, 4) is 0 Å². The smallest absolute Gasteiger partial charge is 0.133 e. The molecule has 0 saturated heterocycles. The molecule has 0 bridgehead atoms. The molecule has 0 aromatic heterocycles. The van der Waals surface area contributed by atoms with Gasteiger partial charge in [-0.05, 0) is 31.5 Å². The van der Waals surface area contributed by atoms with Gasteiger partial charge in [-0.25, -0.2) is 8.78 Å². The average Bonchev–Trinajstić information content (AvgIpc) is 2.31. The molecule has 0 aliphatic rings. The van der Waals surface area contributed by atoms with Crippen LogP contribution in [0.1, 0.15) is 32.3 Å². The first kappa shape index (κ1) is 13.8. The predicted octanol–water partition coefficient (Wildman–Crippen LogP) is 3.76. The molecule has 1 rings (SSSR count). The summed E-state index contributed by atoms with van der Waals surface area (Å²) in [5.74, 6) is -1.05. The lowest BCUT2D eigenvalue weighted by Gasteiger charge is -2.07. The van der Waals surface area contributed by atoms with Gasteiger partial charge in [0, 0.05) is 18.2 Å². The van der Waals surface area contributed by atoms with Crippen molar-refractivity contribution in [2.45, 2.75) is 26.7 Å². The fourth-order valence-corrected chi connectivity index (χ4v) is 1.54. The lowest BCUT2D eigenvalue weighted by molar-refractivity contribution is 0.581. The first-order valence-electron chi connectivity index (χ1n) is 6.02. The van der Waals surface area contributed by atoms with Gasteiger partial charge in [0.25, 0.3) is 0 Å². The fraction of sp³-hybridized carbons (Fsp3) is 0.429. The number of rotatable bonds is 6. The van der Waals surface area contributed by atoms with E-state index in [1.54, 1.807) is 6.08 Å². The van der Waals surface area contributed by atoms with E-state index in [0.717, 1.165) is 37.6 Å². The average molecular weight is 239 g/mol. The maximum atomic E-state index is 13.4. The molecule has 0 fully saturated rings. The Kier molecular flexibility index (Phi) is 5.84. The summed E-state index contributed by atoms with van der Waals surface area (Å²) in [6.45, 7) is 5.83. The predicted molar refractivity (Wildman–Crippen MR) is 67.8 cm³/mol. The third-order valence-corrected chi connectivity index (χ3v) is 2.56. The van der Waals surface area contributed by atoms with Gasteiger partial charge in [-0.1, -0.05) is 25.5 Å². The topological polar surface area (TPSA) is 12.0 Å². The Morgan fingerprint density at radius 3 is 2.65 bits per heavy atom. The third-order valence-electron chi connectivity index (χ3n) is 2.56. The molecule has 17 heavy (non-hydrogen) atoms. The van der Waals surface area contributed by atoms with Gasteiger partial charge in [0.1, 0.15) is 11.6 Å². The lowest BCUT2D eigenvalue weighted by atomic mass is 10.1. The summed E-state index contributed by atoms with van der Waals surface area (Å²) in [7, 11) is 0. The van der Waals surface area contributed by atoms with Crippen LogP contribution in [0.25, 0.3) is 6.08 Å². The molecule has 1 nitrogen and oxygen atoms in total. The van der Waals surface area contributed by atoms with Gasteiger partial charge in [-0.3, -0.25) is 0 Å². The molecule has 1 aromatic rings. The van der Waals surface area contributed by atoms with Gasteiger partial charge >= 0.3 is 0 Å². The van der Waals surface area contributed by atoms with Gasteiger partial charge in [-0.15, -0.1) is 0 Å². The van der Waals surface area contributed by atoms with Gasteiger partial charge in [0.2, 0.25) is 0 Å². The van der Waals surface area contributed by atoms with Crippen LogP contribution in [-0.2, 0) is 0 Å². The van der Waals surface area contributed by atoms with E-state index >= 15 is 0 Å². The number of benzene rings is 1. The molecule has 0 unspecified atom stereocenters. The summed E-state index contributed by atoms with van der Waals surface area (Å²) in [5.41, 5.74) is 1.56. The highest BCUT2D eigenvalue weighted by Crippen LogP contribution is 2.14. The standard InChI is InChI=1S/C14H19F2N/c1-3-7-17-10-11(4-2)8-12-5-6-13(15)9-14(12)16/h5-6,8-9,17H,3-4,7,10H2,1-2H3. The second-order valence-corrected chi connectivity index (χ2v) is 4.00. The molecule has 0 radical (unpaired) electrons. The molecule has 1 aromatic carbocycles. The van der Waals surface area contributed by atoms with Crippen LogP contribution in [0.5, 0.6) is 0 Å². The maximum Gasteiger partial charge on any atom is 0.133 e. The Hall–Kier alpha value is -1.22. The van der Waals surface area contributed by atoms with E-state index in [1.807, 2.05) is 6.92 Å². The second kappa shape index (κ2) is 7.17. The van der Waals surface area contributed by atoms with E-state index in [-0.39, 0.29) is 0 Å². The molecule has 0 aliphatic carbocycles. The maximum absolute atomic E-state index is 13.4. The Bertz CT molecular complexity index is 386. The lowest BCUT2D eigenvalue weighted by Crippen LogP contribution is -2.17. The first-order valence-corrected chi connectivity index (χ1v) is 6.02. The zero-order valence-electron chi connectivity index (χ0n) is 10.4. The van der Waals surface area contributed by atoms with Crippen LogP contribution in [0.4, 0.5) is 8.78 Å². The Balaban J connectivity index is 2.75. The van der Waals surface area contributed by atoms with E-state index in [0.29, 0.717) is 5.56 Å². The Morgan fingerprint density at radius 1 is 1.29 bits per heavy atom. The molecule has 0 spiro atoms. The van der Waals surface area contributed by atoms with E-state index in [4.69, 9.17) is 0 Å². The minimum Gasteiger partial charge on any atom is -0.313 e. The van der Waals surface area contributed by atoms with Crippen LogP contribution in [0, 0.1) is 11.6 Å². The quantitative estimate of drug-likeness (QED) is 0.745. The molecular weight excluding hydrogens is 220 g/mol. The highest BCUT2D eigenvalue weighted by Gasteiger charge is 2.02. The van der Waals surface area contributed by atoms with E-state index < -0.39 is 11.6 Å². The number of halogens is 2. The fourth-order valence-electron chi connectivity index (χ4n) is 1.54. The van der Waals surface area contributed by atoms with Crippen LogP contribution in [0.2, 0.25) is 0 Å². The molecule has 0 amide bonds. The zero-order chi connectivity index (χ0) is 12.7. The van der Waals surface area contributed by atoms with Crippen molar-refractivity contribution in [2.24, 2.45) is 0 Å². The number of hydrogen-bond acceptors (Lipinski definition) is 1. The van der Waals surface area contributed by atoms with Crippen molar-refractivity contribution >= 4 is 6.08 Å². The largest absolute Gasteiger partial charge is 0.313 e. The minimum absolute atomic E-state index is 0.446. The van der Waals surface area contributed by atoms with Gasteiger partial charge in [0.15, 0.2) is 0 Å². The summed E-state index contributed by atoms with van der Waals surface area (Å²) < 4.78 is 26.2. The van der Waals surface area contributed by atoms with Crippen LogP contribution in [0.3, 0.4) is 0 Å². The summed E-state index contributed by atoms with van der Waals surface area (Å²) in [6.07, 6.45) is 3.72. The zero-order valence-corrected chi connectivity index (χ0v) is 10.4. The van der Waals surface area contributed by atoms with E-state index in [2.05, 4.69) is 12.2 Å². The highest BCUT2D eigenvalue weighted by atomic mass is 19.1. The molecule has 0 saturated carbocycles. The number of hydrogen-bond donors (Lipinski definition) is 1. The van der Waals surface area contributed by atoms with E-state index in [1.165, 1.54) is 12.1 Å². The van der Waals surface area contributed by atoms with Crippen molar-refractivity contribution in [3.63, 3.8) is 0 Å². The van der Waals surface area contributed by atoms with Gasteiger partial charge in [0.05, 0.1) is 0 Å².